The molecule has 0 saturated heterocycles. The first-order chi connectivity index (χ1) is 7.09. The largest absolute Gasteiger partial charge is 0.324 e. The molecule has 84 valence electrons. The van der Waals surface area contributed by atoms with Gasteiger partial charge in [0.2, 0.25) is 0 Å². The SMILES string of the molecule is Cc1sc(Br)cc1C(N)C1CCCC1C. The highest BCUT2D eigenvalue weighted by molar-refractivity contribution is 9.11. The Morgan fingerprint density at radius 2 is 2.27 bits per heavy atom. The highest BCUT2D eigenvalue weighted by atomic mass is 79.9. The molecule has 1 fully saturated rings. The normalized spacial score (nSPS) is 28.3. The van der Waals surface area contributed by atoms with Crippen LogP contribution in [0, 0.1) is 18.8 Å². The van der Waals surface area contributed by atoms with E-state index in [4.69, 9.17) is 5.73 Å². The van der Waals surface area contributed by atoms with Gasteiger partial charge in [0.15, 0.2) is 0 Å². The number of nitrogens with two attached hydrogens (primary N) is 1. The molecule has 1 aliphatic rings. The van der Waals surface area contributed by atoms with E-state index in [0.717, 1.165) is 5.92 Å². The van der Waals surface area contributed by atoms with Gasteiger partial charge in [-0.3, -0.25) is 0 Å². The van der Waals surface area contributed by atoms with Crippen molar-refractivity contribution in [2.45, 2.75) is 39.2 Å². The van der Waals surface area contributed by atoms with Crippen molar-refractivity contribution < 1.29 is 0 Å². The van der Waals surface area contributed by atoms with Gasteiger partial charge in [0.25, 0.3) is 0 Å². The van der Waals surface area contributed by atoms with Gasteiger partial charge in [-0.1, -0.05) is 19.8 Å². The molecule has 1 saturated carbocycles. The molecule has 3 unspecified atom stereocenters. The van der Waals surface area contributed by atoms with Crippen molar-refractivity contribution in [2.24, 2.45) is 17.6 Å². The van der Waals surface area contributed by atoms with Gasteiger partial charge in [0.1, 0.15) is 0 Å². The number of thiophene rings is 1. The molecule has 2 N–H and O–H groups in total. The van der Waals surface area contributed by atoms with Crippen molar-refractivity contribution in [3.63, 3.8) is 0 Å². The summed E-state index contributed by atoms with van der Waals surface area (Å²) >= 11 is 5.33. The first-order valence-corrected chi connectivity index (χ1v) is 7.22. The van der Waals surface area contributed by atoms with E-state index in [9.17, 15) is 0 Å². The number of halogens is 1. The molecular formula is C12H18BrNS. The smallest absolute Gasteiger partial charge is 0.0704 e. The molecule has 1 heterocycles. The number of hydrogen-bond donors (Lipinski definition) is 1. The van der Waals surface area contributed by atoms with E-state index < -0.39 is 0 Å². The van der Waals surface area contributed by atoms with Crippen LogP contribution in [0.5, 0.6) is 0 Å². The first-order valence-electron chi connectivity index (χ1n) is 5.61. The standard InChI is InChI=1S/C12H18BrNS/c1-7-4-3-5-9(7)12(14)10-6-11(13)15-8(10)2/h6-7,9,12H,3-5,14H2,1-2H3. The molecule has 3 atom stereocenters. The van der Waals surface area contributed by atoms with Crippen molar-refractivity contribution in [3.05, 3.63) is 20.3 Å². The van der Waals surface area contributed by atoms with Gasteiger partial charge in [-0.05, 0) is 52.7 Å². The van der Waals surface area contributed by atoms with Crippen LogP contribution in [0.1, 0.15) is 42.7 Å². The second-order valence-electron chi connectivity index (χ2n) is 4.66. The van der Waals surface area contributed by atoms with Gasteiger partial charge < -0.3 is 5.73 Å². The van der Waals surface area contributed by atoms with E-state index in [-0.39, 0.29) is 6.04 Å². The Hall–Kier alpha value is 0.140. The van der Waals surface area contributed by atoms with Crippen LogP contribution in [0.15, 0.2) is 9.85 Å². The summed E-state index contributed by atoms with van der Waals surface area (Å²) in [5.74, 6) is 1.48. The van der Waals surface area contributed by atoms with E-state index in [0.29, 0.717) is 5.92 Å². The Kier molecular flexibility index (Phi) is 3.53. The quantitative estimate of drug-likeness (QED) is 0.864. The predicted molar refractivity (Wildman–Crippen MR) is 70.2 cm³/mol. The Labute approximate surface area is 104 Å². The molecule has 1 nitrogen and oxygen atoms in total. The molecule has 1 aromatic heterocycles. The Balaban J connectivity index is 2.19. The fraction of sp³-hybridized carbons (Fsp3) is 0.667. The minimum atomic E-state index is 0.241. The summed E-state index contributed by atoms with van der Waals surface area (Å²) in [5.41, 5.74) is 7.74. The molecule has 0 radical (unpaired) electrons. The lowest BCUT2D eigenvalue weighted by Gasteiger charge is -2.23. The van der Waals surface area contributed by atoms with Crippen LogP contribution < -0.4 is 5.73 Å². The summed E-state index contributed by atoms with van der Waals surface area (Å²) in [6.45, 7) is 4.51. The molecule has 0 spiro atoms. The first kappa shape index (κ1) is 11.6. The Bertz CT molecular complexity index is 347. The fourth-order valence-electron chi connectivity index (χ4n) is 2.73. The van der Waals surface area contributed by atoms with Crippen LogP contribution in [0.4, 0.5) is 0 Å². The topological polar surface area (TPSA) is 26.0 Å². The van der Waals surface area contributed by atoms with Gasteiger partial charge in [-0.25, -0.2) is 0 Å². The van der Waals surface area contributed by atoms with E-state index >= 15 is 0 Å². The molecule has 15 heavy (non-hydrogen) atoms. The zero-order valence-electron chi connectivity index (χ0n) is 9.29. The lowest BCUT2D eigenvalue weighted by atomic mass is 9.87. The lowest BCUT2D eigenvalue weighted by molar-refractivity contribution is 0.351. The van der Waals surface area contributed by atoms with Gasteiger partial charge in [0, 0.05) is 10.9 Å². The minimum absolute atomic E-state index is 0.241. The summed E-state index contributed by atoms with van der Waals surface area (Å²) in [6, 6.07) is 2.44. The van der Waals surface area contributed by atoms with Gasteiger partial charge >= 0.3 is 0 Å². The number of hydrogen-bond acceptors (Lipinski definition) is 2. The van der Waals surface area contributed by atoms with Crippen LogP contribution >= 0.6 is 27.3 Å². The van der Waals surface area contributed by atoms with Crippen LogP contribution in [0.25, 0.3) is 0 Å². The van der Waals surface area contributed by atoms with Crippen molar-refractivity contribution in [3.8, 4) is 0 Å². The van der Waals surface area contributed by atoms with Crippen molar-refractivity contribution in [2.75, 3.05) is 0 Å². The maximum absolute atomic E-state index is 6.39. The third-order valence-electron chi connectivity index (χ3n) is 3.67. The Morgan fingerprint density at radius 3 is 2.73 bits per heavy atom. The molecule has 3 heteroatoms. The minimum Gasteiger partial charge on any atom is -0.324 e. The summed E-state index contributed by atoms with van der Waals surface area (Å²) in [5, 5.41) is 0. The van der Waals surface area contributed by atoms with Gasteiger partial charge in [-0.2, -0.15) is 0 Å². The molecule has 0 aliphatic heterocycles. The van der Waals surface area contributed by atoms with Crippen molar-refractivity contribution >= 4 is 27.3 Å². The van der Waals surface area contributed by atoms with E-state index in [2.05, 4.69) is 35.8 Å². The third-order valence-corrected chi connectivity index (χ3v) is 5.24. The lowest BCUT2D eigenvalue weighted by Crippen LogP contribution is -2.23. The van der Waals surface area contributed by atoms with Crippen molar-refractivity contribution in [1.82, 2.24) is 0 Å². The molecule has 1 aliphatic carbocycles. The van der Waals surface area contributed by atoms with Gasteiger partial charge in [-0.15, -0.1) is 11.3 Å². The summed E-state index contributed by atoms with van der Waals surface area (Å²) in [4.78, 5) is 1.37. The molecule has 0 amide bonds. The maximum Gasteiger partial charge on any atom is 0.0704 e. The average molecular weight is 288 g/mol. The second-order valence-corrected chi connectivity index (χ2v) is 7.30. The predicted octanol–water partition coefficient (Wildman–Crippen LogP) is 4.26. The van der Waals surface area contributed by atoms with Crippen LogP contribution in [0.2, 0.25) is 0 Å². The third kappa shape index (κ3) is 2.29. The Morgan fingerprint density at radius 1 is 1.53 bits per heavy atom. The zero-order valence-corrected chi connectivity index (χ0v) is 11.7. The summed E-state index contributed by atoms with van der Waals surface area (Å²) in [6.07, 6.45) is 4.00. The van der Waals surface area contributed by atoms with E-state index in [1.165, 1.54) is 33.5 Å². The number of aryl methyl sites for hydroxylation is 1. The maximum atomic E-state index is 6.39. The molecule has 1 aromatic rings. The highest BCUT2D eigenvalue weighted by Crippen LogP contribution is 2.41. The number of rotatable bonds is 2. The van der Waals surface area contributed by atoms with Crippen LogP contribution in [-0.2, 0) is 0 Å². The molecule has 0 aromatic carbocycles. The summed E-state index contributed by atoms with van der Waals surface area (Å²) < 4.78 is 1.20. The van der Waals surface area contributed by atoms with Crippen LogP contribution in [0.3, 0.4) is 0 Å². The van der Waals surface area contributed by atoms with Crippen molar-refractivity contribution in [1.29, 1.82) is 0 Å². The van der Waals surface area contributed by atoms with E-state index in [1.807, 2.05) is 0 Å². The second kappa shape index (κ2) is 4.56. The average Bonchev–Trinajstić information content (AvgIpc) is 2.71. The molecule has 0 bridgehead atoms. The van der Waals surface area contributed by atoms with E-state index in [1.54, 1.807) is 11.3 Å². The zero-order chi connectivity index (χ0) is 11.0. The molecule has 2 rings (SSSR count). The highest BCUT2D eigenvalue weighted by Gasteiger charge is 2.30. The van der Waals surface area contributed by atoms with Crippen LogP contribution in [-0.4, -0.2) is 0 Å². The molecular weight excluding hydrogens is 270 g/mol. The fourth-order valence-corrected chi connectivity index (χ4v) is 4.49. The monoisotopic (exact) mass is 287 g/mol. The van der Waals surface area contributed by atoms with Gasteiger partial charge in [0.05, 0.1) is 3.79 Å². The summed E-state index contributed by atoms with van der Waals surface area (Å²) in [7, 11) is 0.